The third-order valence-corrected chi connectivity index (χ3v) is 5.81. The van der Waals surface area contributed by atoms with Crippen LogP contribution in [0.3, 0.4) is 0 Å². The van der Waals surface area contributed by atoms with Gasteiger partial charge in [-0.15, -0.1) is 0 Å². The Morgan fingerprint density at radius 2 is 1.79 bits per heavy atom. The van der Waals surface area contributed by atoms with Crippen molar-refractivity contribution in [3.05, 3.63) is 75.5 Å². The largest absolute Gasteiger partial charge is 0.344 e. The number of para-hydroxylation sites is 1. The molecule has 0 aliphatic heterocycles. The van der Waals surface area contributed by atoms with Crippen molar-refractivity contribution >= 4 is 28.7 Å². The van der Waals surface area contributed by atoms with E-state index in [1.165, 1.54) is 47.8 Å². The molecule has 1 aromatic heterocycles. The first-order valence-corrected chi connectivity index (χ1v) is 10.6. The number of benzene rings is 2. The van der Waals surface area contributed by atoms with E-state index in [0.29, 0.717) is 5.92 Å². The van der Waals surface area contributed by atoms with Crippen molar-refractivity contribution in [3.8, 4) is 0 Å². The van der Waals surface area contributed by atoms with E-state index in [1.54, 1.807) is 24.3 Å². The highest BCUT2D eigenvalue weighted by atomic mass is 16.6. The van der Waals surface area contributed by atoms with Gasteiger partial charge in [0.15, 0.2) is 0 Å². The molecule has 4 nitrogen and oxygen atoms in total. The van der Waals surface area contributed by atoms with Crippen molar-refractivity contribution in [2.75, 3.05) is 0 Å². The van der Waals surface area contributed by atoms with Crippen molar-refractivity contribution in [2.24, 2.45) is 5.92 Å². The van der Waals surface area contributed by atoms with E-state index in [4.69, 9.17) is 0 Å². The SMILES string of the molecule is CCCCC(CC)Cn1c(C)c(/C=C/c2ccc([N+](=O)[O-])cc2)c2ccccc21. The van der Waals surface area contributed by atoms with Crippen molar-refractivity contribution in [1.82, 2.24) is 4.57 Å². The summed E-state index contributed by atoms with van der Waals surface area (Å²) in [6.07, 6.45) is 9.17. The number of hydrogen-bond acceptors (Lipinski definition) is 2. The van der Waals surface area contributed by atoms with Crippen LogP contribution in [0.4, 0.5) is 5.69 Å². The Bertz CT molecular complexity index is 1000. The Hall–Kier alpha value is -2.88. The monoisotopic (exact) mass is 390 g/mol. The molecule has 0 amide bonds. The fourth-order valence-corrected chi connectivity index (χ4v) is 3.97. The third-order valence-electron chi connectivity index (χ3n) is 5.81. The lowest BCUT2D eigenvalue weighted by molar-refractivity contribution is -0.384. The molecular formula is C25H30N2O2. The highest BCUT2D eigenvalue weighted by Crippen LogP contribution is 2.30. The van der Waals surface area contributed by atoms with E-state index < -0.39 is 0 Å². The van der Waals surface area contributed by atoms with E-state index in [9.17, 15) is 10.1 Å². The number of nitro groups is 1. The van der Waals surface area contributed by atoms with Crippen LogP contribution in [0, 0.1) is 23.0 Å². The van der Waals surface area contributed by atoms with Gasteiger partial charge in [0.25, 0.3) is 5.69 Å². The Labute approximate surface area is 173 Å². The zero-order valence-corrected chi connectivity index (χ0v) is 17.6. The minimum atomic E-state index is -0.367. The zero-order valence-electron chi connectivity index (χ0n) is 17.6. The molecule has 0 spiro atoms. The van der Waals surface area contributed by atoms with E-state index in [1.807, 2.05) is 6.08 Å². The predicted molar refractivity (Wildman–Crippen MR) is 122 cm³/mol. The van der Waals surface area contributed by atoms with Crippen molar-refractivity contribution < 1.29 is 4.92 Å². The van der Waals surface area contributed by atoms with Crippen LogP contribution in [0.25, 0.3) is 23.1 Å². The van der Waals surface area contributed by atoms with E-state index in [2.05, 4.69) is 55.7 Å². The minimum absolute atomic E-state index is 0.118. The van der Waals surface area contributed by atoms with Gasteiger partial charge in [-0.3, -0.25) is 10.1 Å². The maximum absolute atomic E-state index is 10.8. The Morgan fingerprint density at radius 1 is 1.07 bits per heavy atom. The summed E-state index contributed by atoms with van der Waals surface area (Å²) in [7, 11) is 0. The van der Waals surface area contributed by atoms with Crippen molar-refractivity contribution in [2.45, 2.75) is 53.0 Å². The van der Waals surface area contributed by atoms with Crippen molar-refractivity contribution in [1.29, 1.82) is 0 Å². The quantitative estimate of drug-likeness (QED) is 0.285. The maximum atomic E-state index is 10.8. The average Bonchev–Trinajstić information content (AvgIpc) is 3.00. The topological polar surface area (TPSA) is 48.1 Å². The summed E-state index contributed by atoms with van der Waals surface area (Å²) in [5.74, 6) is 0.691. The van der Waals surface area contributed by atoms with E-state index >= 15 is 0 Å². The summed E-state index contributed by atoms with van der Waals surface area (Å²) in [4.78, 5) is 10.5. The fraction of sp³-hybridized carbons (Fsp3) is 0.360. The number of rotatable bonds is 9. The molecule has 0 saturated heterocycles. The second-order valence-corrected chi connectivity index (χ2v) is 7.73. The van der Waals surface area contributed by atoms with Crippen LogP contribution in [0.15, 0.2) is 48.5 Å². The van der Waals surface area contributed by atoms with E-state index in [-0.39, 0.29) is 10.6 Å². The first-order chi connectivity index (χ1) is 14.0. The number of unbranched alkanes of at least 4 members (excludes halogenated alkanes) is 1. The van der Waals surface area contributed by atoms with Gasteiger partial charge < -0.3 is 4.57 Å². The molecule has 0 saturated carbocycles. The van der Waals surface area contributed by atoms with Crippen LogP contribution >= 0.6 is 0 Å². The minimum Gasteiger partial charge on any atom is -0.344 e. The molecular weight excluding hydrogens is 360 g/mol. The number of nitrogens with zero attached hydrogens (tertiary/aromatic N) is 2. The lowest BCUT2D eigenvalue weighted by Crippen LogP contribution is -2.11. The highest BCUT2D eigenvalue weighted by Gasteiger charge is 2.15. The predicted octanol–water partition coefficient (Wildman–Crippen LogP) is 7.24. The number of non-ortho nitro benzene ring substituents is 1. The molecule has 3 aromatic rings. The van der Waals surface area contributed by atoms with Gasteiger partial charge in [-0.05, 0) is 43.0 Å². The molecule has 2 aromatic carbocycles. The number of aromatic nitrogens is 1. The van der Waals surface area contributed by atoms with Crippen LogP contribution in [0.2, 0.25) is 0 Å². The molecule has 0 fully saturated rings. The zero-order chi connectivity index (χ0) is 20.8. The van der Waals surface area contributed by atoms with Gasteiger partial charge in [0.2, 0.25) is 0 Å². The van der Waals surface area contributed by atoms with Crippen LogP contribution in [-0.2, 0) is 6.54 Å². The molecule has 0 bridgehead atoms. The van der Waals surface area contributed by atoms with Gasteiger partial charge in [0, 0.05) is 40.8 Å². The second kappa shape index (κ2) is 9.55. The molecule has 1 atom stereocenters. The number of hydrogen-bond donors (Lipinski definition) is 0. The second-order valence-electron chi connectivity index (χ2n) is 7.73. The molecule has 152 valence electrons. The smallest absolute Gasteiger partial charge is 0.269 e. The summed E-state index contributed by atoms with van der Waals surface area (Å²) in [5, 5.41) is 12.1. The molecule has 0 aliphatic rings. The number of nitro benzene ring substituents is 1. The van der Waals surface area contributed by atoms with Gasteiger partial charge in [-0.25, -0.2) is 0 Å². The van der Waals surface area contributed by atoms with Gasteiger partial charge in [-0.2, -0.15) is 0 Å². The summed E-state index contributed by atoms with van der Waals surface area (Å²) in [5.41, 5.74) is 4.86. The van der Waals surface area contributed by atoms with Gasteiger partial charge in [0.05, 0.1) is 4.92 Å². The molecule has 0 radical (unpaired) electrons. The number of fused-ring (bicyclic) bond motifs is 1. The third kappa shape index (κ3) is 4.76. The Kier molecular flexibility index (Phi) is 6.86. The summed E-state index contributed by atoms with van der Waals surface area (Å²) in [6, 6.07) is 15.3. The first-order valence-electron chi connectivity index (χ1n) is 10.6. The molecule has 1 unspecified atom stereocenters. The molecule has 3 rings (SSSR count). The van der Waals surface area contributed by atoms with Gasteiger partial charge in [-0.1, -0.05) is 63.5 Å². The van der Waals surface area contributed by atoms with Gasteiger partial charge >= 0.3 is 0 Å². The maximum Gasteiger partial charge on any atom is 0.269 e. The molecule has 1 heterocycles. The normalized spacial score (nSPS) is 12.7. The van der Waals surface area contributed by atoms with Crippen LogP contribution in [0.5, 0.6) is 0 Å². The standard InChI is InChI=1S/C25H30N2O2/c1-4-6-9-20(5-2)18-26-19(3)23(24-10-7-8-11-25(24)26)17-14-21-12-15-22(16-13-21)27(28)29/h7-8,10-17,20H,4-6,9,18H2,1-3H3/b17-14+. The summed E-state index contributed by atoms with van der Waals surface area (Å²) < 4.78 is 2.47. The summed E-state index contributed by atoms with van der Waals surface area (Å²) >= 11 is 0. The molecule has 4 heteroatoms. The van der Waals surface area contributed by atoms with Gasteiger partial charge in [0.1, 0.15) is 0 Å². The average molecular weight is 391 g/mol. The first kappa shape index (κ1) is 20.8. The van der Waals surface area contributed by atoms with Crippen molar-refractivity contribution in [3.63, 3.8) is 0 Å². The lowest BCUT2D eigenvalue weighted by Gasteiger charge is -2.18. The Balaban J connectivity index is 1.94. The highest BCUT2D eigenvalue weighted by molar-refractivity contribution is 5.93. The van der Waals surface area contributed by atoms with Crippen LogP contribution in [0.1, 0.15) is 56.4 Å². The fourth-order valence-electron chi connectivity index (χ4n) is 3.97. The molecule has 0 N–H and O–H groups in total. The molecule has 29 heavy (non-hydrogen) atoms. The lowest BCUT2D eigenvalue weighted by atomic mass is 9.99. The Morgan fingerprint density at radius 3 is 2.45 bits per heavy atom. The molecule has 0 aliphatic carbocycles. The van der Waals surface area contributed by atoms with Crippen LogP contribution < -0.4 is 0 Å². The van der Waals surface area contributed by atoms with E-state index in [0.717, 1.165) is 12.1 Å². The summed E-state index contributed by atoms with van der Waals surface area (Å²) in [6.45, 7) is 7.79. The van der Waals surface area contributed by atoms with Crippen LogP contribution in [-0.4, -0.2) is 9.49 Å².